The van der Waals surface area contributed by atoms with Crippen LogP contribution in [0.1, 0.15) is 37.7 Å². The minimum Gasteiger partial charge on any atom is -0.347 e. The fourth-order valence-corrected chi connectivity index (χ4v) is 3.58. The van der Waals surface area contributed by atoms with Crippen molar-refractivity contribution >= 4 is 17.4 Å². The van der Waals surface area contributed by atoms with Crippen molar-refractivity contribution in [2.45, 2.75) is 50.5 Å². The molecular weight excluding hydrogens is 288 g/mol. The van der Waals surface area contributed by atoms with Gasteiger partial charge < -0.3 is 20.1 Å². The number of rotatable bonds is 4. The summed E-state index contributed by atoms with van der Waals surface area (Å²) in [7, 11) is 0. The molecule has 2 heterocycles. The molecular formula is C15H22N2O3S. The Morgan fingerprint density at radius 3 is 2.95 bits per heavy atom. The third-order valence-electron chi connectivity index (χ3n) is 4.05. The monoisotopic (exact) mass is 310 g/mol. The van der Waals surface area contributed by atoms with Crippen LogP contribution in [0.25, 0.3) is 0 Å². The highest BCUT2D eigenvalue weighted by Gasteiger charge is 2.42. The maximum absolute atomic E-state index is 11.7. The summed E-state index contributed by atoms with van der Waals surface area (Å²) in [5, 5.41) is 9.73. The van der Waals surface area contributed by atoms with Crippen LogP contribution >= 0.6 is 11.3 Å². The molecule has 1 saturated carbocycles. The first-order valence-electron chi connectivity index (χ1n) is 7.60. The van der Waals surface area contributed by atoms with Crippen LogP contribution in [-0.2, 0) is 16.0 Å². The average Bonchev–Trinajstić information content (AvgIpc) is 3.14. The van der Waals surface area contributed by atoms with Crippen LogP contribution in [0.15, 0.2) is 16.8 Å². The molecule has 21 heavy (non-hydrogen) atoms. The number of ether oxygens (including phenoxy) is 2. The molecule has 1 saturated heterocycles. The minimum atomic E-state index is -0.363. The van der Waals surface area contributed by atoms with Crippen molar-refractivity contribution in [2.75, 3.05) is 13.2 Å². The fourth-order valence-electron chi connectivity index (χ4n) is 2.91. The topological polar surface area (TPSA) is 59.6 Å². The number of urea groups is 1. The van der Waals surface area contributed by atoms with Gasteiger partial charge in [-0.05, 0) is 35.2 Å². The highest BCUT2D eigenvalue weighted by molar-refractivity contribution is 7.07. The lowest BCUT2D eigenvalue weighted by atomic mass is 9.94. The Hall–Kier alpha value is -1.11. The number of thiophene rings is 1. The zero-order valence-corrected chi connectivity index (χ0v) is 12.9. The molecule has 2 fully saturated rings. The molecule has 2 aliphatic rings. The van der Waals surface area contributed by atoms with Crippen LogP contribution in [-0.4, -0.2) is 31.1 Å². The SMILES string of the molecule is O=C(NCc1ccsc1)NC[C@H]1COC2(CCCCC2)O1. The molecule has 0 radical (unpaired) electrons. The molecule has 116 valence electrons. The molecule has 5 nitrogen and oxygen atoms in total. The molecule has 2 N–H and O–H groups in total. The molecule has 1 atom stereocenters. The first-order chi connectivity index (χ1) is 10.3. The van der Waals surface area contributed by atoms with Gasteiger partial charge in [0.15, 0.2) is 5.79 Å². The van der Waals surface area contributed by atoms with E-state index in [9.17, 15) is 4.79 Å². The lowest BCUT2D eigenvalue weighted by molar-refractivity contribution is -0.186. The first-order valence-corrected chi connectivity index (χ1v) is 8.55. The number of carbonyl (C=O) groups is 1. The van der Waals surface area contributed by atoms with E-state index in [0.717, 1.165) is 18.4 Å². The summed E-state index contributed by atoms with van der Waals surface area (Å²) in [5.41, 5.74) is 1.12. The van der Waals surface area contributed by atoms with Gasteiger partial charge in [-0.15, -0.1) is 0 Å². The molecule has 1 aromatic heterocycles. The Morgan fingerprint density at radius 1 is 1.33 bits per heavy atom. The lowest BCUT2D eigenvalue weighted by Crippen LogP contribution is -2.41. The number of nitrogens with one attached hydrogen (secondary N) is 2. The molecule has 1 aliphatic carbocycles. The second-order valence-corrected chi connectivity index (χ2v) is 6.50. The van der Waals surface area contributed by atoms with Crippen LogP contribution in [0, 0.1) is 0 Å². The van der Waals surface area contributed by atoms with Crippen molar-refractivity contribution in [3.63, 3.8) is 0 Å². The zero-order chi connectivity index (χ0) is 14.5. The van der Waals surface area contributed by atoms with Gasteiger partial charge in [0, 0.05) is 25.9 Å². The standard InChI is InChI=1S/C15H22N2O3S/c18-14(16-8-12-4-7-21-11-12)17-9-13-10-19-15(20-13)5-2-1-3-6-15/h4,7,11,13H,1-3,5-6,8-10H2,(H2,16,17,18)/t13-/m0/s1. The third-order valence-corrected chi connectivity index (χ3v) is 4.78. The summed E-state index contributed by atoms with van der Waals surface area (Å²) in [6, 6.07) is 1.85. The molecule has 6 heteroatoms. The van der Waals surface area contributed by atoms with E-state index < -0.39 is 0 Å². The van der Waals surface area contributed by atoms with Crippen molar-refractivity contribution in [1.29, 1.82) is 0 Å². The normalized spacial score (nSPS) is 24.1. The number of hydrogen-bond acceptors (Lipinski definition) is 4. The summed E-state index contributed by atoms with van der Waals surface area (Å²) in [6.45, 7) is 1.63. The molecule has 0 unspecified atom stereocenters. The van der Waals surface area contributed by atoms with Gasteiger partial charge in [-0.25, -0.2) is 4.79 Å². The number of amides is 2. The van der Waals surface area contributed by atoms with E-state index in [0.29, 0.717) is 19.7 Å². The van der Waals surface area contributed by atoms with Gasteiger partial charge in [-0.2, -0.15) is 11.3 Å². The minimum absolute atomic E-state index is 0.0324. The van der Waals surface area contributed by atoms with E-state index in [1.165, 1.54) is 19.3 Å². The predicted octanol–water partition coefficient (Wildman–Crippen LogP) is 2.62. The van der Waals surface area contributed by atoms with Gasteiger partial charge in [0.05, 0.1) is 6.61 Å². The Balaban J connectivity index is 1.36. The summed E-state index contributed by atoms with van der Waals surface area (Å²) >= 11 is 1.63. The van der Waals surface area contributed by atoms with Crippen molar-refractivity contribution in [3.8, 4) is 0 Å². The van der Waals surface area contributed by atoms with E-state index in [1.54, 1.807) is 11.3 Å². The largest absolute Gasteiger partial charge is 0.347 e. The Kier molecular flexibility index (Phi) is 4.77. The van der Waals surface area contributed by atoms with E-state index >= 15 is 0 Å². The van der Waals surface area contributed by atoms with Crippen LogP contribution in [0.2, 0.25) is 0 Å². The van der Waals surface area contributed by atoms with Gasteiger partial charge in [0.25, 0.3) is 0 Å². The summed E-state index contributed by atoms with van der Waals surface area (Å²) in [6.07, 6.45) is 5.53. The maximum Gasteiger partial charge on any atom is 0.315 e. The molecule has 0 bridgehead atoms. The van der Waals surface area contributed by atoms with E-state index in [2.05, 4.69) is 10.6 Å². The van der Waals surface area contributed by atoms with Crippen molar-refractivity contribution in [3.05, 3.63) is 22.4 Å². The molecule has 1 spiro atoms. The third kappa shape index (κ3) is 3.96. The summed E-state index contributed by atoms with van der Waals surface area (Å²) in [4.78, 5) is 11.7. The number of carbonyl (C=O) groups excluding carboxylic acids is 1. The van der Waals surface area contributed by atoms with Gasteiger partial charge in [0.1, 0.15) is 6.10 Å². The second kappa shape index (κ2) is 6.77. The smallest absolute Gasteiger partial charge is 0.315 e. The Bertz CT molecular complexity index is 457. The zero-order valence-electron chi connectivity index (χ0n) is 12.1. The predicted molar refractivity (Wildman–Crippen MR) is 81.2 cm³/mol. The van der Waals surface area contributed by atoms with E-state index in [1.807, 2.05) is 16.8 Å². The lowest BCUT2D eigenvalue weighted by Gasteiger charge is -2.31. The van der Waals surface area contributed by atoms with Crippen LogP contribution in [0.5, 0.6) is 0 Å². The van der Waals surface area contributed by atoms with Gasteiger partial charge in [0.2, 0.25) is 0 Å². The van der Waals surface area contributed by atoms with Gasteiger partial charge in [-0.1, -0.05) is 6.42 Å². The Labute approximate surface area is 129 Å². The Morgan fingerprint density at radius 2 is 2.19 bits per heavy atom. The highest BCUT2D eigenvalue weighted by Crippen LogP contribution is 2.37. The van der Waals surface area contributed by atoms with Crippen molar-refractivity contribution in [1.82, 2.24) is 10.6 Å². The fraction of sp³-hybridized carbons (Fsp3) is 0.667. The molecule has 0 aromatic carbocycles. The quantitative estimate of drug-likeness (QED) is 0.899. The first kappa shape index (κ1) is 14.8. The molecule has 3 rings (SSSR count). The van der Waals surface area contributed by atoms with Crippen molar-refractivity contribution < 1.29 is 14.3 Å². The van der Waals surface area contributed by atoms with Gasteiger partial charge in [-0.3, -0.25) is 0 Å². The molecule has 1 aliphatic heterocycles. The van der Waals surface area contributed by atoms with Gasteiger partial charge >= 0.3 is 6.03 Å². The highest BCUT2D eigenvalue weighted by atomic mass is 32.1. The van der Waals surface area contributed by atoms with E-state index in [-0.39, 0.29) is 17.9 Å². The van der Waals surface area contributed by atoms with Crippen LogP contribution in [0.4, 0.5) is 4.79 Å². The van der Waals surface area contributed by atoms with Crippen LogP contribution in [0.3, 0.4) is 0 Å². The molecule has 2 amide bonds. The summed E-state index contributed by atoms with van der Waals surface area (Å²) in [5.74, 6) is -0.363. The summed E-state index contributed by atoms with van der Waals surface area (Å²) < 4.78 is 11.9. The van der Waals surface area contributed by atoms with E-state index in [4.69, 9.17) is 9.47 Å². The second-order valence-electron chi connectivity index (χ2n) is 5.72. The average molecular weight is 310 g/mol. The molecule has 1 aromatic rings. The number of hydrogen-bond donors (Lipinski definition) is 2. The van der Waals surface area contributed by atoms with Crippen molar-refractivity contribution in [2.24, 2.45) is 0 Å². The maximum atomic E-state index is 11.7. The van der Waals surface area contributed by atoms with Crippen LogP contribution < -0.4 is 10.6 Å².